The molecule has 0 unspecified atom stereocenters. The van der Waals surface area contributed by atoms with E-state index >= 15 is 0 Å². The van der Waals surface area contributed by atoms with Crippen LogP contribution >= 0.6 is 11.8 Å². The van der Waals surface area contributed by atoms with Crippen LogP contribution in [0.3, 0.4) is 0 Å². The molecule has 104 valence electrons. The molecular formula is C16H16O3S. The van der Waals surface area contributed by atoms with E-state index in [1.807, 2.05) is 26.0 Å². The molecule has 0 saturated heterocycles. The molecule has 0 spiro atoms. The van der Waals surface area contributed by atoms with E-state index in [0.29, 0.717) is 11.2 Å². The predicted octanol–water partition coefficient (Wildman–Crippen LogP) is 3.65. The predicted molar refractivity (Wildman–Crippen MR) is 81.5 cm³/mol. The molecule has 0 radical (unpaired) electrons. The summed E-state index contributed by atoms with van der Waals surface area (Å²) in [6.07, 6.45) is 2.31. The number of aldehydes is 1. The summed E-state index contributed by atoms with van der Waals surface area (Å²) in [5.41, 5.74) is 1.85. The maximum Gasteiger partial charge on any atom is 0.203 e. The largest absolute Gasteiger partial charge is 0.508 e. The zero-order valence-corrected chi connectivity index (χ0v) is 12.5. The van der Waals surface area contributed by atoms with E-state index in [1.54, 1.807) is 19.1 Å². The summed E-state index contributed by atoms with van der Waals surface area (Å²) < 4.78 is 0. The third-order valence-electron chi connectivity index (χ3n) is 3.20. The number of rotatable bonds is 3. The summed E-state index contributed by atoms with van der Waals surface area (Å²) in [6, 6.07) is 5.37. The highest BCUT2D eigenvalue weighted by Crippen LogP contribution is 2.38. The third kappa shape index (κ3) is 2.70. The van der Waals surface area contributed by atoms with Crippen molar-refractivity contribution in [1.29, 1.82) is 0 Å². The number of thioether (sulfide) groups is 1. The van der Waals surface area contributed by atoms with Crippen molar-refractivity contribution in [3.63, 3.8) is 0 Å². The first kappa shape index (κ1) is 14.6. The lowest BCUT2D eigenvalue weighted by Gasteiger charge is -2.08. The molecule has 1 aliphatic heterocycles. The van der Waals surface area contributed by atoms with Crippen LogP contribution in [-0.2, 0) is 9.59 Å². The molecule has 0 fully saturated rings. The Hall–Kier alpha value is -1.81. The van der Waals surface area contributed by atoms with Crippen molar-refractivity contribution >= 4 is 29.9 Å². The van der Waals surface area contributed by atoms with Gasteiger partial charge in [0.05, 0.1) is 10.5 Å². The van der Waals surface area contributed by atoms with Crippen LogP contribution in [0.4, 0.5) is 0 Å². The van der Waals surface area contributed by atoms with Crippen LogP contribution < -0.4 is 0 Å². The Morgan fingerprint density at radius 3 is 2.50 bits per heavy atom. The van der Waals surface area contributed by atoms with Crippen molar-refractivity contribution in [1.82, 2.24) is 0 Å². The number of hydrogen-bond acceptors (Lipinski definition) is 4. The van der Waals surface area contributed by atoms with Gasteiger partial charge in [0.25, 0.3) is 0 Å². The minimum atomic E-state index is -0.241. The van der Waals surface area contributed by atoms with Gasteiger partial charge in [0.2, 0.25) is 5.78 Å². The smallest absolute Gasteiger partial charge is 0.203 e. The van der Waals surface area contributed by atoms with Crippen LogP contribution in [0.5, 0.6) is 5.75 Å². The number of Topliss-reactive ketones (excluding diaryl/α,β-unsaturated/α-hetero) is 1. The first-order valence-electron chi connectivity index (χ1n) is 6.37. The fourth-order valence-electron chi connectivity index (χ4n) is 2.08. The Kier molecular flexibility index (Phi) is 4.14. The van der Waals surface area contributed by atoms with Crippen molar-refractivity contribution in [3.05, 3.63) is 44.7 Å². The van der Waals surface area contributed by atoms with Gasteiger partial charge >= 0.3 is 0 Å². The maximum atomic E-state index is 12.0. The number of phenols is 1. The summed E-state index contributed by atoms with van der Waals surface area (Å²) in [5, 5.41) is 9.96. The van der Waals surface area contributed by atoms with Crippen LogP contribution in [0.1, 0.15) is 37.8 Å². The highest BCUT2D eigenvalue weighted by atomic mass is 32.2. The second-order valence-electron chi connectivity index (χ2n) is 5.00. The second kappa shape index (κ2) is 5.67. The molecule has 3 nitrogen and oxygen atoms in total. The number of phenolic OH excluding ortho intramolecular Hbond substituents is 1. The molecule has 0 bridgehead atoms. The summed E-state index contributed by atoms with van der Waals surface area (Å²) >= 11 is 1.30. The molecule has 1 heterocycles. The van der Waals surface area contributed by atoms with Gasteiger partial charge in [-0.05, 0) is 36.1 Å². The number of hydrogen-bond donors (Lipinski definition) is 1. The lowest BCUT2D eigenvalue weighted by Crippen LogP contribution is -1.99. The minimum Gasteiger partial charge on any atom is -0.508 e. The molecule has 0 atom stereocenters. The first-order valence-corrected chi connectivity index (χ1v) is 7.19. The molecule has 20 heavy (non-hydrogen) atoms. The SMILES string of the molecule is CC1=C(C=O)C(=O)/C(=C/c2ccc(C(C)C)c(O)c2)S1. The first-order chi connectivity index (χ1) is 9.43. The highest BCUT2D eigenvalue weighted by Gasteiger charge is 2.26. The van der Waals surface area contributed by atoms with E-state index in [0.717, 1.165) is 16.0 Å². The number of carbonyl (C=O) groups excluding carboxylic acids is 2. The van der Waals surface area contributed by atoms with Gasteiger partial charge in [-0.3, -0.25) is 9.59 Å². The van der Waals surface area contributed by atoms with Crippen molar-refractivity contribution in [2.75, 3.05) is 0 Å². The molecule has 0 amide bonds. The molecule has 1 aromatic rings. The van der Waals surface area contributed by atoms with E-state index < -0.39 is 0 Å². The average molecular weight is 288 g/mol. The molecule has 2 rings (SSSR count). The van der Waals surface area contributed by atoms with E-state index in [2.05, 4.69) is 0 Å². The van der Waals surface area contributed by atoms with Crippen LogP contribution in [-0.4, -0.2) is 17.2 Å². The zero-order valence-electron chi connectivity index (χ0n) is 11.6. The Balaban J connectivity index is 2.32. The van der Waals surface area contributed by atoms with Crippen LogP contribution in [0.2, 0.25) is 0 Å². The monoisotopic (exact) mass is 288 g/mol. The lowest BCUT2D eigenvalue weighted by atomic mass is 10.00. The number of aromatic hydroxyl groups is 1. The Labute approximate surface area is 122 Å². The Morgan fingerprint density at radius 2 is 2.00 bits per heavy atom. The van der Waals surface area contributed by atoms with Gasteiger partial charge in [-0.2, -0.15) is 0 Å². The quantitative estimate of drug-likeness (QED) is 0.524. The number of ketones is 1. The Morgan fingerprint density at radius 1 is 1.30 bits per heavy atom. The number of benzene rings is 1. The van der Waals surface area contributed by atoms with Gasteiger partial charge in [0.15, 0.2) is 6.29 Å². The molecule has 4 heteroatoms. The number of allylic oxidation sites excluding steroid dienone is 3. The van der Waals surface area contributed by atoms with E-state index in [-0.39, 0.29) is 23.0 Å². The normalized spacial score (nSPS) is 17.4. The van der Waals surface area contributed by atoms with Crippen molar-refractivity contribution in [3.8, 4) is 5.75 Å². The summed E-state index contributed by atoms with van der Waals surface area (Å²) in [6.45, 7) is 5.77. The second-order valence-corrected chi connectivity index (χ2v) is 6.26. The van der Waals surface area contributed by atoms with Crippen molar-refractivity contribution in [2.45, 2.75) is 26.7 Å². The molecular weight excluding hydrogens is 272 g/mol. The van der Waals surface area contributed by atoms with Gasteiger partial charge in [0.1, 0.15) is 5.75 Å². The highest BCUT2D eigenvalue weighted by molar-refractivity contribution is 8.08. The molecule has 0 aromatic heterocycles. The van der Waals surface area contributed by atoms with Crippen LogP contribution in [0, 0.1) is 0 Å². The summed E-state index contributed by atoms with van der Waals surface area (Å²) in [4.78, 5) is 24.0. The van der Waals surface area contributed by atoms with Gasteiger partial charge in [-0.25, -0.2) is 0 Å². The standard InChI is InChI=1S/C16H16O3S/c1-9(2)12-5-4-11(6-14(12)18)7-15-16(19)13(8-17)10(3)20-15/h4-9,18H,1-3H3/b15-7-. The fourth-order valence-corrected chi connectivity index (χ4v) is 3.06. The molecule has 0 aliphatic carbocycles. The summed E-state index contributed by atoms with van der Waals surface area (Å²) in [7, 11) is 0. The van der Waals surface area contributed by atoms with E-state index in [9.17, 15) is 14.7 Å². The van der Waals surface area contributed by atoms with Gasteiger partial charge in [0, 0.05) is 4.91 Å². The van der Waals surface area contributed by atoms with E-state index in [1.165, 1.54) is 11.8 Å². The molecule has 0 saturated carbocycles. The Bertz CT molecular complexity index is 639. The third-order valence-corrected chi connectivity index (χ3v) is 4.25. The average Bonchev–Trinajstić information content (AvgIpc) is 2.63. The minimum absolute atomic E-state index is 0.226. The van der Waals surface area contributed by atoms with Crippen molar-refractivity contribution in [2.24, 2.45) is 0 Å². The van der Waals surface area contributed by atoms with Gasteiger partial charge in [-0.15, -0.1) is 0 Å². The fraction of sp³-hybridized carbons (Fsp3) is 0.250. The van der Waals surface area contributed by atoms with E-state index in [4.69, 9.17) is 0 Å². The molecule has 1 aliphatic rings. The molecule has 1 N–H and O–H groups in total. The molecule has 1 aromatic carbocycles. The van der Waals surface area contributed by atoms with Gasteiger partial charge < -0.3 is 5.11 Å². The zero-order chi connectivity index (χ0) is 14.9. The lowest BCUT2D eigenvalue weighted by molar-refractivity contribution is -0.114. The van der Waals surface area contributed by atoms with Crippen LogP contribution in [0.25, 0.3) is 6.08 Å². The topological polar surface area (TPSA) is 54.4 Å². The van der Waals surface area contributed by atoms with Crippen LogP contribution in [0.15, 0.2) is 33.6 Å². The maximum absolute atomic E-state index is 12.0. The number of carbonyl (C=O) groups is 2. The van der Waals surface area contributed by atoms with Crippen molar-refractivity contribution < 1.29 is 14.7 Å². The van der Waals surface area contributed by atoms with Gasteiger partial charge in [-0.1, -0.05) is 37.7 Å². The summed E-state index contributed by atoms with van der Waals surface area (Å²) in [5.74, 6) is 0.227.